The molecule has 0 spiro atoms. The number of aryl methyl sites for hydroxylation is 1. The van der Waals surface area contributed by atoms with Crippen LogP contribution in [0.25, 0.3) is 0 Å². The molecular formula is C18H22N4O4S. The minimum Gasteiger partial charge on any atom is -0.480 e. The van der Waals surface area contributed by atoms with Crippen molar-refractivity contribution >= 4 is 35.4 Å². The number of amides is 2. The first-order valence-corrected chi connectivity index (χ1v) is 9.71. The normalized spacial score (nSPS) is 11.6. The Balaban J connectivity index is 2.05. The highest BCUT2D eigenvalue weighted by Crippen LogP contribution is 2.09. The van der Waals surface area contributed by atoms with Gasteiger partial charge < -0.3 is 15.7 Å². The Labute approximate surface area is 161 Å². The van der Waals surface area contributed by atoms with Crippen molar-refractivity contribution in [3.8, 4) is 0 Å². The van der Waals surface area contributed by atoms with E-state index in [1.807, 2.05) is 19.2 Å². The number of benzene rings is 1. The number of aromatic nitrogens is 2. The summed E-state index contributed by atoms with van der Waals surface area (Å²) in [7, 11) is 0. The predicted molar refractivity (Wildman–Crippen MR) is 104 cm³/mol. The van der Waals surface area contributed by atoms with E-state index in [0.717, 1.165) is 5.56 Å². The third-order valence-electron chi connectivity index (χ3n) is 3.70. The van der Waals surface area contributed by atoms with Gasteiger partial charge in [0.2, 0.25) is 5.91 Å². The van der Waals surface area contributed by atoms with Gasteiger partial charge in [-0.3, -0.25) is 19.1 Å². The van der Waals surface area contributed by atoms with Crippen LogP contribution in [0.1, 0.15) is 22.3 Å². The van der Waals surface area contributed by atoms with E-state index in [1.165, 1.54) is 16.9 Å². The van der Waals surface area contributed by atoms with E-state index >= 15 is 0 Å². The Kier molecular flexibility index (Phi) is 7.42. The summed E-state index contributed by atoms with van der Waals surface area (Å²) in [6.07, 6.45) is 3.84. The summed E-state index contributed by atoms with van der Waals surface area (Å²) >= 11 is 1.57. The van der Waals surface area contributed by atoms with Gasteiger partial charge in [0.25, 0.3) is 5.91 Å². The maximum Gasteiger partial charge on any atom is 0.325 e. The van der Waals surface area contributed by atoms with E-state index in [1.54, 1.807) is 30.0 Å². The standard InChI is InChI=1S/C18H22N4O4S/c1-12-4-3-5-13(10-12)17(25)19-14(7-9-27-2)18(26)20-15-6-8-22(21-15)11-16(23)24/h3-6,8,10,14H,7,9,11H2,1-2H3,(H,19,25)(H,23,24)(H,20,21,26). The highest BCUT2D eigenvalue weighted by Gasteiger charge is 2.22. The maximum atomic E-state index is 12.6. The zero-order chi connectivity index (χ0) is 19.8. The molecule has 9 heteroatoms. The van der Waals surface area contributed by atoms with Crippen LogP contribution in [0.4, 0.5) is 5.82 Å². The van der Waals surface area contributed by atoms with Crippen LogP contribution >= 0.6 is 11.8 Å². The molecule has 0 aliphatic carbocycles. The molecule has 0 aliphatic rings. The van der Waals surface area contributed by atoms with Crippen molar-refractivity contribution in [1.82, 2.24) is 15.1 Å². The van der Waals surface area contributed by atoms with Gasteiger partial charge in [-0.1, -0.05) is 17.7 Å². The van der Waals surface area contributed by atoms with Crippen molar-refractivity contribution in [3.63, 3.8) is 0 Å². The first kappa shape index (κ1) is 20.5. The smallest absolute Gasteiger partial charge is 0.325 e. The van der Waals surface area contributed by atoms with E-state index in [9.17, 15) is 14.4 Å². The van der Waals surface area contributed by atoms with Gasteiger partial charge in [-0.05, 0) is 37.5 Å². The number of rotatable bonds is 9. The summed E-state index contributed by atoms with van der Waals surface area (Å²) in [5.41, 5.74) is 1.44. The van der Waals surface area contributed by atoms with Crippen LogP contribution in [-0.2, 0) is 16.1 Å². The van der Waals surface area contributed by atoms with E-state index in [0.29, 0.717) is 17.7 Å². The Hall–Kier alpha value is -2.81. The fourth-order valence-electron chi connectivity index (χ4n) is 2.40. The number of nitrogens with one attached hydrogen (secondary N) is 2. The van der Waals surface area contributed by atoms with E-state index in [-0.39, 0.29) is 18.3 Å². The fourth-order valence-corrected chi connectivity index (χ4v) is 2.87. The topological polar surface area (TPSA) is 113 Å². The highest BCUT2D eigenvalue weighted by atomic mass is 32.2. The number of carboxylic acid groups (broad SMARTS) is 1. The molecule has 27 heavy (non-hydrogen) atoms. The summed E-state index contributed by atoms with van der Waals surface area (Å²) in [5, 5.41) is 18.1. The fraction of sp³-hybridized carbons (Fsp3) is 0.333. The van der Waals surface area contributed by atoms with E-state index in [4.69, 9.17) is 5.11 Å². The van der Waals surface area contributed by atoms with Crippen molar-refractivity contribution in [3.05, 3.63) is 47.7 Å². The van der Waals surface area contributed by atoms with Crippen molar-refractivity contribution in [2.45, 2.75) is 25.9 Å². The highest BCUT2D eigenvalue weighted by molar-refractivity contribution is 7.98. The first-order chi connectivity index (χ1) is 12.9. The SMILES string of the molecule is CSCCC(NC(=O)c1cccc(C)c1)C(=O)Nc1ccn(CC(=O)O)n1. The summed E-state index contributed by atoms with van der Waals surface area (Å²) < 4.78 is 1.21. The van der Waals surface area contributed by atoms with Gasteiger partial charge in [0.15, 0.2) is 5.82 Å². The number of carbonyl (C=O) groups excluding carboxylic acids is 2. The zero-order valence-corrected chi connectivity index (χ0v) is 16.0. The largest absolute Gasteiger partial charge is 0.480 e. The van der Waals surface area contributed by atoms with Crippen LogP contribution in [0.15, 0.2) is 36.5 Å². The Morgan fingerprint density at radius 2 is 2.07 bits per heavy atom. The third kappa shape index (κ3) is 6.45. The average molecular weight is 390 g/mol. The van der Waals surface area contributed by atoms with Crippen molar-refractivity contribution in [2.75, 3.05) is 17.3 Å². The Morgan fingerprint density at radius 1 is 1.30 bits per heavy atom. The zero-order valence-electron chi connectivity index (χ0n) is 15.1. The number of carbonyl (C=O) groups is 3. The van der Waals surface area contributed by atoms with Gasteiger partial charge in [-0.15, -0.1) is 0 Å². The van der Waals surface area contributed by atoms with E-state index in [2.05, 4.69) is 15.7 Å². The van der Waals surface area contributed by atoms with Gasteiger partial charge in [-0.25, -0.2) is 0 Å². The molecule has 144 valence electrons. The van der Waals surface area contributed by atoms with Crippen molar-refractivity contribution < 1.29 is 19.5 Å². The molecule has 1 heterocycles. The number of hydrogen-bond acceptors (Lipinski definition) is 5. The molecule has 0 saturated carbocycles. The molecule has 1 atom stereocenters. The minimum absolute atomic E-state index is 0.236. The molecule has 1 aromatic carbocycles. The molecule has 8 nitrogen and oxygen atoms in total. The van der Waals surface area contributed by atoms with Crippen molar-refractivity contribution in [1.29, 1.82) is 0 Å². The first-order valence-electron chi connectivity index (χ1n) is 8.31. The molecule has 2 aromatic rings. The lowest BCUT2D eigenvalue weighted by molar-refractivity contribution is -0.137. The summed E-state index contributed by atoms with van der Waals surface area (Å²) in [4.78, 5) is 35.8. The maximum absolute atomic E-state index is 12.6. The van der Waals surface area contributed by atoms with Crippen LogP contribution < -0.4 is 10.6 Å². The minimum atomic E-state index is -1.03. The van der Waals surface area contributed by atoms with Crippen molar-refractivity contribution in [2.24, 2.45) is 0 Å². The van der Waals surface area contributed by atoms with Crippen LogP contribution in [0.2, 0.25) is 0 Å². The molecule has 2 amide bonds. The van der Waals surface area contributed by atoms with Crippen LogP contribution in [0.3, 0.4) is 0 Å². The molecular weight excluding hydrogens is 368 g/mol. The molecule has 3 N–H and O–H groups in total. The monoisotopic (exact) mass is 390 g/mol. The lowest BCUT2D eigenvalue weighted by Crippen LogP contribution is -2.44. The van der Waals surface area contributed by atoms with Gasteiger partial charge in [-0.2, -0.15) is 16.9 Å². The van der Waals surface area contributed by atoms with Gasteiger partial charge in [0.1, 0.15) is 12.6 Å². The molecule has 1 aromatic heterocycles. The predicted octanol–water partition coefficient (Wildman–Crippen LogP) is 1.77. The second-order valence-electron chi connectivity index (χ2n) is 5.96. The summed E-state index contributed by atoms with van der Waals surface area (Å²) in [6.45, 7) is 1.60. The summed E-state index contributed by atoms with van der Waals surface area (Å²) in [5.74, 6) is -0.818. The second kappa shape index (κ2) is 9.77. The number of anilines is 1. The Morgan fingerprint density at radius 3 is 2.74 bits per heavy atom. The molecule has 0 fully saturated rings. The second-order valence-corrected chi connectivity index (χ2v) is 6.94. The number of nitrogens with zero attached hydrogens (tertiary/aromatic N) is 2. The number of aliphatic carboxylic acids is 1. The number of carboxylic acids is 1. The average Bonchev–Trinajstić information content (AvgIpc) is 3.04. The van der Waals surface area contributed by atoms with Crippen LogP contribution in [-0.4, -0.2) is 50.7 Å². The molecule has 2 rings (SSSR count). The lowest BCUT2D eigenvalue weighted by atomic mass is 10.1. The number of hydrogen-bond donors (Lipinski definition) is 3. The molecule has 0 radical (unpaired) electrons. The quantitative estimate of drug-likeness (QED) is 0.601. The third-order valence-corrected chi connectivity index (χ3v) is 4.35. The lowest BCUT2D eigenvalue weighted by Gasteiger charge is -2.17. The molecule has 0 bridgehead atoms. The molecule has 0 aliphatic heterocycles. The number of thioether (sulfide) groups is 1. The Bertz CT molecular complexity index is 821. The van der Waals surface area contributed by atoms with Crippen LogP contribution in [0.5, 0.6) is 0 Å². The van der Waals surface area contributed by atoms with E-state index < -0.39 is 17.9 Å². The molecule has 1 unspecified atom stereocenters. The van der Waals surface area contributed by atoms with Gasteiger partial charge >= 0.3 is 5.97 Å². The summed E-state index contributed by atoms with van der Waals surface area (Å²) in [6, 6.07) is 7.91. The van der Waals surface area contributed by atoms with Crippen LogP contribution in [0, 0.1) is 6.92 Å². The van der Waals surface area contributed by atoms with Gasteiger partial charge in [0.05, 0.1) is 0 Å². The molecule has 0 saturated heterocycles. The van der Waals surface area contributed by atoms with Gasteiger partial charge in [0, 0.05) is 17.8 Å².